The Hall–Kier alpha value is -1.77. The summed E-state index contributed by atoms with van der Waals surface area (Å²) in [6.45, 7) is 3.77. The fourth-order valence-corrected chi connectivity index (χ4v) is 3.98. The number of sulfonamides is 1. The molecule has 1 saturated heterocycles. The van der Waals surface area contributed by atoms with Crippen LogP contribution in [0.5, 0.6) is 0 Å². The largest absolute Gasteiger partial charge is 0.271 e. The molecule has 0 aliphatic carbocycles. The van der Waals surface area contributed by atoms with Crippen LogP contribution in [0.1, 0.15) is 12.8 Å². The molecule has 0 aromatic heterocycles. The van der Waals surface area contributed by atoms with E-state index in [1.54, 1.807) is 0 Å². The maximum Gasteiger partial charge on any atom is 0.261 e. The predicted molar refractivity (Wildman–Crippen MR) is 77.6 cm³/mol. The fraction of sp³-hybridized carbons (Fsp3) is 0.357. The molecule has 0 radical (unpaired) electrons. The number of nitrogens with zero attached hydrogens (tertiary/aromatic N) is 1. The van der Waals surface area contributed by atoms with Gasteiger partial charge in [-0.15, -0.1) is 6.58 Å². The number of amides is 1. The van der Waals surface area contributed by atoms with Crippen molar-refractivity contribution in [1.29, 1.82) is 0 Å². The predicted octanol–water partition coefficient (Wildman–Crippen LogP) is 1.21. The smallest absolute Gasteiger partial charge is 0.261 e. The summed E-state index contributed by atoms with van der Waals surface area (Å²) in [5, 5.41) is 0. The molecule has 2 rings (SSSR count). The lowest BCUT2D eigenvalue weighted by atomic mass is 10.2. The Balaban J connectivity index is 2.19. The zero-order valence-electron chi connectivity index (χ0n) is 11.9. The van der Waals surface area contributed by atoms with Crippen molar-refractivity contribution in [2.75, 3.05) is 13.2 Å². The van der Waals surface area contributed by atoms with Gasteiger partial charge in [0.1, 0.15) is 11.9 Å². The van der Waals surface area contributed by atoms with Gasteiger partial charge in [-0.3, -0.25) is 9.63 Å². The molecule has 1 aromatic rings. The Morgan fingerprint density at radius 3 is 3.00 bits per heavy atom. The van der Waals surface area contributed by atoms with Gasteiger partial charge >= 0.3 is 0 Å². The Kier molecular flexibility index (Phi) is 5.28. The maximum atomic E-state index is 13.3. The molecule has 1 N–H and O–H groups in total. The van der Waals surface area contributed by atoms with Gasteiger partial charge in [0, 0.05) is 6.54 Å². The van der Waals surface area contributed by atoms with Crippen LogP contribution in [0, 0.1) is 5.82 Å². The van der Waals surface area contributed by atoms with Gasteiger partial charge in [0.15, 0.2) is 0 Å². The lowest BCUT2D eigenvalue weighted by Crippen LogP contribution is -2.45. The van der Waals surface area contributed by atoms with E-state index >= 15 is 0 Å². The first-order valence-corrected chi connectivity index (χ1v) is 8.21. The molecule has 8 heteroatoms. The summed E-state index contributed by atoms with van der Waals surface area (Å²) in [7, 11) is -3.93. The van der Waals surface area contributed by atoms with Gasteiger partial charge in [-0.05, 0) is 31.0 Å². The average molecular weight is 328 g/mol. The third-order valence-electron chi connectivity index (χ3n) is 3.28. The third-order valence-corrected chi connectivity index (χ3v) is 5.19. The van der Waals surface area contributed by atoms with Crippen molar-refractivity contribution in [3.8, 4) is 0 Å². The van der Waals surface area contributed by atoms with Gasteiger partial charge in [0.25, 0.3) is 5.91 Å². The van der Waals surface area contributed by atoms with E-state index in [1.807, 2.05) is 0 Å². The van der Waals surface area contributed by atoms with Crippen LogP contribution in [0.15, 0.2) is 41.8 Å². The molecule has 0 spiro atoms. The zero-order valence-corrected chi connectivity index (χ0v) is 12.7. The van der Waals surface area contributed by atoms with Crippen molar-refractivity contribution in [2.45, 2.75) is 23.8 Å². The SMILES string of the molecule is C=CCONC(=O)C1CCCN1S(=O)(=O)c1cccc(F)c1. The van der Waals surface area contributed by atoms with E-state index in [0.717, 1.165) is 16.4 Å². The van der Waals surface area contributed by atoms with E-state index < -0.39 is 27.8 Å². The first kappa shape index (κ1) is 16.6. The monoisotopic (exact) mass is 328 g/mol. The highest BCUT2D eigenvalue weighted by atomic mass is 32.2. The highest BCUT2D eigenvalue weighted by molar-refractivity contribution is 7.89. The van der Waals surface area contributed by atoms with Crippen LogP contribution in [0.3, 0.4) is 0 Å². The molecule has 1 aromatic carbocycles. The first-order chi connectivity index (χ1) is 10.5. The van der Waals surface area contributed by atoms with Crippen molar-refractivity contribution in [1.82, 2.24) is 9.79 Å². The van der Waals surface area contributed by atoms with Crippen molar-refractivity contribution in [2.24, 2.45) is 0 Å². The lowest BCUT2D eigenvalue weighted by Gasteiger charge is -2.23. The molecule has 1 aliphatic rings. The van der Waals surface area contributed by atoms with Crippen LogP contribution in [0.25, 0.3) is 0 Å². The second-order valence-electron chi connectivity index (χ2n) is 4.80. The van der Waals surface area contributed by atoms with E-state index in [-0.39, 0.29) is 18.0 Å². The molecule has 1 unspecified atom stereocenters. The second kappa shape index (κ2) is 6.99. The lowest BCUT2D eigenvalue weighted by molar-refractivity contribution is -0.135. The minimum Gasteiger partial charge on any atom is -0.271 e. The number of benzene rings is 1. The molecule has 1 aliphatic heterocycles. The van der Waals surface area contributed by atoms with E-state index in [0.29, 0.717) is 12.8 Å². The summed E-state index contributed by atoms with van der Waals surface area (Å²) in [6.07, 6.45) is 2.39. The number of carbonyl (C=O) groups excluding carboxylic acids is 1. The number of rotatable bonds is 6. The number of nitrogens with one attached hydrogen (secondary N) is 1. The summed E-state index contributed by atoms with van der Waals surface area (Å²) in [5.41, 5.74) is 2.20. The van der Waals surface area contributed by atoms with Crippen LogP contribution in [-0.4, -0.2) is 37.8 Å². The molecule has 1 heterocycles. The van der Waals surface area contributed by atoms with Crippen LogP contribution in [0.4, 0.5) is 4.39 Å². The van der Waals surface area contributed by atoms with E-state index in [4.69, 9.17) is 4.84 Å². The van der Waals surface area contributed by atoms with Gasteiger partial charge in [0.2, 0.25) is 10.0 Å². The normalized spacial score (nSPS) is 19.0. The highest BCUT2D eigenvalue weighted by Crippen LogP contribution is 2.26. The van der Waals surface area contributed by atoms with E-state index in [1.165, 1.54) is 18.2 Å². The number of carbonyl (C=O) groups is 1. The van der Waals surface area contributed by atoms with Gasteiger partial charge in [-0.1, -0.05) is 12.1 Å². The minimum atomic E-state index is -3.93. The van der Waals surface area contributed by atoms with Gasteiger partial charge in [-0.2, -0.15) is 4.31 Å². The minimum absolute atomic E-state index is 0.120. The van der Waals surface area contributed by atoms with Gasteiger partial charge in [-0.25, -0.2) is 18.3 Å². The van der Waals surface area contributed by atoms with Crippen LogP contribution in [0.2, 0.25) is 0 Å². The molecule has 22 heavy (non-hydrogen) atoms. The zero-order chi connectivity index (χ0) is 16.2. The molecule has 6 nitrogen and oxygen atoms in total. The quantitative estimate of drug-likeness (QED) is 0.484. The number of hydrogen-bond donors (Lipinski definition) is 1. The number of hydroxylamine groups is 1. The Bertz CT molecular complexity index is 663. The molecule has 0 bridgehead atoms. The Labute approximate surface area is 128 Å². The Morgan fingerprint density at radius 1 is 1.55 bits per heavy atom. The molecule has 1 amide bonds. The summed E-state index contributed by atoms with van der Waals surface area (Å²) < 4.78 is 39.4. The van der Waals surface area contributed by atoms with Crippen LogP contribution >= 0.6 is 0 Å². The second-order valence-corrected chi connectivity index (χ2v) is 6.69. The fourth-order valence-electron chi connectivity index (χ4n) is 2.29. The van der Waals surface area contributed by atoms with Gasteiger partial charge in [0.05, 0.1) is 11.5 Å². The molecule has 1 fully saturated rings. The summed E-state index contributed by atoms with van der Waals surface area (Å²) in [5.74, 6) is -1.19. The van der Waals surface area contributed by atoms with Gasteiger partial charge < -0.3 is 0 Å². The summed E-state index contributed by atoms with van der Waals surface area (Å²) in [4.78, 5) is 16.7. The Morgan fingerprint density at radius 2 is 2.32 bits per heavy atom. The molecular formula is C14H17FN2O4S. The van der Waals surface area contributed by atoms with E-state index in [9.17, 15) is 17.6 Å². The standard InChI is InChI=1S/C14H17FN2O4S/c1-2-9-21-16-14(18)13-7-4-8-17(13)22(19,20)12-6-3-5-11(15)10-12/h2-3,5-6,10,13H,1,4,7-9H2,(H,16,18). The van der Waals surface area contributed by atoms with Crippen molar-refractivity contribution < 1.29 is 22.4 Å². The maximum absolute atomic E-state index is 13.3. The average Bonchev–Trinajstić information content (AvgIpc) is 2.97. The van der Waals surface area contributed by atoms with Crippen molar-refractivity contribution in [3.05, 3.63) is 42.7 Å². The third kappa shape index (κ3) is 3.52. The van der Waals surface area contributed by atoms with E-state index in [2.05, 4.69) is 12.1 Å². The molecule has 0 saturated carbocycles. The van der Waals surface area contributed by atoms with Crippen molar-refractivity contribution in [3.63, 3.8) is 0 Å². The highest BCUT2D eigenvalue weighted by Gasteiger charge is 2.39. The van der Waals surface area contributed by atoms with Crippen molar-refractivity contribution >= 4 is 15.9 Å². The molecular weight excluding hydrogens is 311 g/mol. The number of halogens is 1. The number of hydrogen-bond acceptors (Lipinski definition) is 4. The van der Waals surface area contributed by atoms with Crippen LogP contribution < -0.4 is 5.48 Å². The molecule has 120 valence electrons. The summed E-state index contributed by atoms with van der Waals surface area (Å²) in [6, 6.07) is 3.87. The topological polar surface area (TPSA) is 75.7 Å². The summed E-state index contributed by atoms with van der Waals surface area (Å²) >= 11 is 0. The van der Waals surface area contributed by atoms with Crippen LogP contribution in [-0.2, 0) is 19.7 Å². The first-order valence-electron chi connectivity index (χ1n) is 6.77. The molecule has 1 atom stereocenters.